The molecule has 0 radical (unpaired) electrons. The van der Waals surface area contributed by atoms with Gasteiger partial charge in [-0.1, -0.05) is 66.7 Å². The summed E-state index contributed by atoms with van der Waals surface area (Å²) in [5.41, 5.74) is 3.92. The molecule has 214 valence electrons. The van der Waals surface area contributed by atoms with Gasteiger partial charge in [0.05, 0.1) is 26.4 Å². The molecule has 1 fully saturated rings. The Hall–Kier alpha value is -4.01. The molecule has 2 aliphatic carbocycles. The van der Waals surface area contributed by atoms with Crippen LogP contribution in [0.3, 0.4) is 0 Å². The van der Waals surface area contributed by atoms with Crippen molar-refractivity contribution >= 4 is 6.09 Å². The van der Waals surface area contributed by atoms with Crippen LogP contribution < -0.4 is 9.47 Å². The second kappa shape index (κ2) is 11.1. The zero-order valence-corrected chi connectivity index (χ0v) is 23.3. The minimum Gasteiger partial charge on any atom is -0.498 e. The number of carbonyl (C=O) groups excluding carboxylic acids is 1. The van der Waals surface area contributed by atoms with Crippen LogP contribution in [0, 0.1) is 0 Å². The number of fused-ring (bicyclic) bond motifs is 1. The van der Waals surface area contributed by atoms with E-state index in [0.717, 1.165) is 27.8 Å². The maximum absolute atomic E-state index is 13.5. The second-order valence-corrected chi connectivity index (χ2v) is 10.9. The number of amides is 1. The van der Waals surface area contributed by atoms with Crippen molar-refractivity contribution in [1.29, 1.82) is 0 Å². The highest BCUT2D eigenvalue weighted by atomic mass is 16.6. The number of benzene rings is 3. The quantitative estimate of drug-likeness (QED) is 0.441. The topological polar surface area (TPSA) is 97.7 Å². The molecular formula is C33H35NO7. The second-order valence-electron chi connectivity index (χ2n) is 10.9. The first kappa shape index (κ1) is 27.2. The average molecular weight is 558 g/mol. The fraction of sp³-hybridized carbons (Fsp3) is 0.364. The molecular weight excluding hydrogens is 522 g/mol. The van der Waals surface area contributed by atoms with Gasteiger partial charge in [0.1, 0.15) is 25.1 Å². The Bertz CT molecular complexity index is 1440. The van der Waals surface area contributed by atoms with Gasteiger partial charge in [0, 0.05) is 23.1 Å². The number of rotatable bonds is 7. The number of carbonyl (C=O) groups is 1. The minimum atomic E-state index is -1.20. The molecule has 41 heavy (non-hydrogen) atoms. The van der Waals surface area contributed by atoms with E-state index >= 15 is 0 Å². The van der Waals surface area contributed by atoms with Gasteiger partial charge < -0.3 is 34.1 Å². The van der Waals surface area contributed by atoms with E-state index < -0.39 is 29.8 Å². The van der Waals surface area contributed by atoms with Crippen LogP contribution in [0.4, 0.5) is 4.79 Å². The first-order chi connectivity index (χ1) is 20.0. The molecule has 1 aliphatic heterocycles. The maximum Gasteiger partial charge on any atom is 0.410 e. The van der Waals surface area contributed by atoms with Crippen molar-refractivity contribution in [3.63, 3.8) is 0 Å². The van der Waals surface area contributed by atoms with Gasteiger partial charge in [0.15, 0.2) is 11.5 Å². The van der Waals surface area contributed by atoms with Gasteiger partial charge in [0.25, 0.3) is 0 Å². The molecule has 2 N–H and O–H groups in total. The van der Waals surface area contributed by atoms with Gasteiger partial charge in [-0.05, 0) is 42.0 Å². The summed E-state index contributed by atoms with van der Waals surface area (Å²) in [4.78, 5) is 15.2. The highest BCUT2D eigenvalue weighted by Gasteiger charge is 2.58. The Labute approximate surface area is 239 Å². The van der Waals surface area contributed by atoms with Crippen molar-refractivity contribution in [2.24, 2.45) is 0 Å². The van der Waals surface area contributed by atoms with Crippen LogP contribution in [-0.4, -0.2) is 60.2 Å². The van der Waals surface area contributed by atoms with Crippen LogP contribution in [0.5, 0.6) is 11.5 Å². The number of nitrogens with zero attached hydrogens (tertiary/aromatic N) is 1. The lowest BCUT2D eigenvalue weighted by Gasteiger charge is -2.56. The molecule has 3 aromatic rings. The van der Waals surface area contributed by atoms with E-state index in [9.17, 15) is 15.0 Å². The van der Waals surface area contributed by atoms with Crippen LogP contribution in [0.1, 0.15) is 35.1 Å². The van der Waals surface area contributed by atoms with Gasteiger partial charge in [-0.25, -0.2) is 4.79 Å². The van der Waals surface area contributed by atoms with Crippen molar-refractivity contribution in [3.8, 4) is 11.5 Å². The van der Waals surface area contributed by atoms with E-state index in [1.807, 2.05) is 72.8 Å². The summed E-state index contributed by atoms with van der Waals surface area (Å²) in [6.07, 6.45) is -1.43. The molecule has 6 rings (SSSR count). The SMILES string of the molecule is COC1=C2[C@H]3Cc4ccc(OC)c(OCc5ccccc5)c4[C@]2(CCN3C(=O)OCc2ccccc2)C[C@@H](O)[C@@H]1O. The zero-order chi connectivity index (χ0) is 28.6. The molecule has 8 nitrogen and oxygen atoms in total. The van der Waals surface area contributed by atoms with Crippen molar-refractivity contribution < 1.29 is 34.0 Å². The Morgan fingerprint density at radius 2 is 1.61 bits per heavy atom. The fourth-order valence-corrected chi connectivity index (χ4v) is 6.86. The van der Waals surface area contributed by atoms with E-state index in [1.165, 1.54) is 7.11 Å². The largest absolute Gasteiger partial charge is 0.498 e. The predicted octanol–water partition coefficient (Wildman–Crippen LogP) is 4.51. The lowest BCUT2D eigenvalue weighted by atomic mass is 9.55. The minimum absolute atomic E-state index is 0.164. The number of hydrogen-bond acceptors (Lipinski definition) is 7. The first-order valence-corrected chi connectivity index (χ1v) is 14.0. The van der Waals surface area contributed by atoms with Crippen molar-refractivity contribution in [1.82, 2.24) is 4.90 Å². The average Bonchev–Trinajstić information content (AvgIpc) is 3.00. The Morgan fingerprint density at radius 1 is 0.927 bits per heavy atom. The summed E-state index contributed by atoms with van der Waals surface area (Å²) in [5, 5.41) is 22.2. The molecule has 0 saturated carbocycles. The number of methoxy groups -OCH3 is 2. The van der Waals surface area contributed by atoms with Crippen LogP contribution in [0.2, 0.25) is 0 Å². The van der Waals surface area contributed by atoms with Crippen LogP contribution >= 0.6 is 0 Å². The van der Waals surface area contributed by atoms with E-state index in [2.05, 4.69) is 0 Å². The van der Waals surface area contributed by atoms with Crippen molar-refractivity contribution in [3.05, 3.63) is 106 Å². The Morgan fingerprint density at radius 3 is 2.27 bits per heavy atom. The first-order valence-electron chi connectivity index (χ1n) is 14.0. The molecule has 3 aromatic carbocycles. The zero-order valence-electron chi connectivity index (χ0n) is 23.3. The third-order valence-electron chi connectivity index (χ3n) is 8.67. The number of aliphatic hydroxyl groups excluding tert-OH is 2. The lowest BCUT2D eigenvalue weighted by Crippen LogP contribution is -2.61. The monoisotopic (exact) mass is 557 g/mol. The van der Waals surface area contributed by atoms with Gasteiger partial charge in [-0.3, -0.25) is 0 Å². The molecule has 2 bridgehead atoms. The van der Waals surface area contributed by atoms with E-state index in [1.54, 1.807) is 12.0 Å². The molecule has 0 spiro atoms. The van der Waals surface area contributed by atoms with Gasteiger partial charge in [-0.2, -0.15) is 0 Å². The number of ether oxygens (including phenoxy) is 4. The molecule has 0 unspecified atom stereocenters. The summed E-state index contributed by atoms with van der Waals surface area (Å²) < 4.78 is 23.8. The Kier molecular flexibility index (Phi) is 7.36. The summed E-state index contributed by atoms with van der Waals surface area (Å²) >= 11 is 0. The predicted molar refractivity (Wildman–Crippen MR) is 152 cm³/mol. The number of piperidine rings is 1. The van der Waals surface area contributed by atoms with E-state index in [-0.39, 0.29) is 13.0 Å². The molecule has 4 atom stereocenters. The summed E-state index contributed by atoms with van der Waals surface area (Å²) in [7, 11) is 3.11. The highest BCUT2D eigenvalue weighted by molar-refractivity contribution is 5.72. The summed E-state index contributed by atoms with van der Waals surface area (Å²) in [6.45, 7) is 0.916. The van der Waals surface area contributed by atoms with E-state index in [0.29, 0.717) is 43.3 Å². The molecule has 3 aliphatic rings. The molecule has 1 amide bonds. The standard InChI is InChI=1S/C33H35NO7/c1-38-26-14-13-23-17-24-28-31(39-2)29(36)25(35)18-33(28,27(23)30(26)40-19-21-9-5-3-6-10-21)15-16-34(24)32(37)41-20-22-11-7-4-8-12-22/h3-14,24-25,29,35-36H,15-20H2,1-2H3/t24-,25-,29+,33+/m1/s1. The van der Waals surface area contributed by atoms with Gasteiger partial charge in [-0.15, -0.1) is 0 Å². The van der Waals surface area contributed by atoms with Crippen molar-refractivity contribution in [2.75, 3.05) is 20.8 Å². The smallest absolute Gasteiger partial charge is 0.410 e. The van der Waals surface area contributed by atoms with Crippen LogP contribution in [-0.2, 0) is 34.5 Å². The van der Waals surface area contributed by atoms with Crippen LogP contribution in [0.25, 0.3) is 0 Å². The molecule has 0 aromatic heterocycles. The number of hydrogen-bond donors (Lipinski definition) is 2. The number of aliphatic hydroxyl groups is 2. The fourth-order valence-electron chi connectivity index (χ4n) is 6.86. The summed E-state index contributed by atoms with van der Waals surface area (Å²) in [6, 6.07) is 23.0. The van der Waals surface area contributed by atoms with E-state index in [4.69, 9.17) is 18.9 Å². The number of likely N-dealkylation sites (tertiary alicyclic amines) is 1. The summed E-state index contributed by atoms with van der Waals surface area (Å²) in [5.74, 6) is 1.51. The highest BCUT2D eigenvalue weighted by Crippen LogP contribution is 2.59. The van der Waals surface area contributed by atoms with Gasteiger partial charge in [0.2, 0.25) is 0 Å². The molecule has 1 heterocycles. The van der Waals surface area contributed by atoms with Crippen LogP contribution in [0.15, 0.2) is 84.1 Å². The Balaban J connectivity index is 1.43. The molecule has 1 saturated heterocycles. The van der Waals surface area contributed by atoms with Crippen molar-refractivity contribution in [2.45, 2.75) is 56.1 Å². The normalized spacial score (nSPS) is 24.7. The lowest BCUT2D eigenvalue weighted by molar-refractivity contribution is -0.0351. The third-order valence-corrected chi connectivity index (χ3v) is 8.67. The molecule has 8 heteroatoms. The maximum atomic E-state index is 13.5. The van der Waals surface area contributed by atoms with Gasteiger partial charge >= 0.3 is 6.09 Å². The third kappa shape index (κ3) is 4.71.